The van der Waals surface area contributed by atoms with E-state index in [1.807, 2.05) is 4.90 Å². The minimum Gasteiger partial charge on any atom is -0.336 e. The second-order valence-corrected chi connectivity index (χ2v) is 4.87. The molecule has 1 aliphatic rings. The summed E-state index contributed by atoms with van der Waals surface area (Å²) in [7, 11) is 0. The van der Waals surface area contributed by atoms with E-state index in [9.17, 15) is 9.18 Å². The van der Waals surface area contributed by atoms with Crippen molar-refractivity contribution in [2.75, 3.05) is 32.7 Å². The van der Waals surface area contributed by atoms with Crippen LogP contribution >= 0.6 is 12.6 Å². The normalized spacial score (nSPS) is 16.9. The van der Waals surface area contributed by atoms with Crippen molar-refractivity contribution in [3.63, 3.8) is 0 Å². The van der Waals surface area contributed by atoms with Crippen LogP contribution in [0.25, 0.3) is 0 Å². The highest BCUT2D eigenvalue weighted by atomic mass is 32.1. The molecule has 1 saturated heterocycles. The molecular weight excluding hydrogens is 251 g/mol. The molecule has 0 aliphatic carbocycles. The summed E-state index contributed by atoms with van der Waals surface area (Å²) in [6.07, 6.45) is 0. The fraction of sp³-hybridized carbons (Fsp3) is 0.462. The maximum absolute atomic E-state index is 13.1. The number of nitrogens with zero attached hydrogens (tertiary/aromatic N) is 2. The molecule has 1 fully saturated rings. The highest BCUT2D eigenvalue weighted by Crippen LogP contribution is 2.16. The Bertz CT molecular complexity index is 445. The number of carbonyl (C=O) groups is 1. The van der Waals surface area contributed by atoms with Crippen molar-refractivity contribution in [3.05, 3.63) is 29.6 Å². The van der Waals surface area contributed by atoms with E-state index in [1.165, 1.54) is 18.2 Å². The third-order valence-corrected chi connectivity index (χ3v) is 3.64. The number of halogens is 1. The van der Waals surface area contributed by atoms with Crippen molar-refractivity contribution in [1.29, 1.82) is 0 Å². The quantitative estimate of drug-likeness (QED) is 0.828. The lowest BCUT2D eigenvalue weighted by molar-refractivity contribution is 0.0643. The second kappa shape index (κ2) is 5.71. The third-order valence-electron chi connectivity index (χ3n) is 3.30. The highest BCUT2D eigenvalue weighted by Gasteiger charge is 2.21. The molecule has 0 N–H and O–H groups in total. The number of carbonyl (C=O) groups excluding carboxylic acids is 1. The van der Waals surface area contributed by atoms with E-state index in [4.69, 9.17) is 0 Å². The Balaban J connectivity index is 2.05. The van der Waals surface area contributed by atoms with Gasteiger partial charge in [-0.2, -0.15) is 0 Å². The number of thiol groups is 1. The van der Waals surface area contributed by atoms with Gasteiger partial charge < -0.3 is 9.80 Å². The highest BCUT2D eigenvalue weighted by molar-refractivity contribution is 7.80. The van der Waals surface area contributed by atoms with Crippen LogP contribution in [0, 0.1) is 5.82 Å². The standard InChI is InChI=1S/C13H17FN2OS/c1-2-15-5-7-16(8-6-15)13(17)10-3-4-11(14)12(18)9-10/h3-4,9,18H,2,5-8H2,1H3. The van der Waals surface area contributed by atoms with Gasteiger partial charge in [-0.1, -0.05) is 6.92 Å². The molecule has 5 heteroatoms. The van der Waals surface area contributed by atoms with E-state index in [1.54, 1.807) is 0 Å². The zero-order valence-corrected chi connectivity index (χ0v) is 11.3. The predicted octanol–water partition coefficient (Wildman–Crippen LogP) is 1.89. The minimum atomic E-state index is -0.398. The lowest BCUT2D eigenvalue weighted by Crippen LogP contribution is -2.48. The molecule has 0 saturated carbocycles. The van der Waals surface area contributed by atoms with Gasteiger partial charge in [-0.15, -0.1) is 12.6 Å². The minimum absolute atomic E-state index is 0.0407. The van der Waals surface area contributed by atoms with Crippen LogP contribution in [0.5, 0.6) is 0 Å². The largest absolute Gasteiger partial charge is 0.336 e. The molecular formula is C13H17FN2OS. The maximum atomic E-state index is 13.1. The molecule has 0 atom stereocenters. The molecule has 1 aromatic carbocycles. The summed E-state index contributed by atoms with van der Waals surface area (Å²) in [4.78, 5) is 16.5. The SMILES string of the molecule is CCN1CCN(C(=O)c2ccc(F)c(S)c2)CC1. The molecule has 1 aromatic rings. The molecule has 1 amide bonds. The third kappa shape index (κ3) is 2.84. The van der Waals surface area contributed by atoms with Crippen LogP contribution in [0.15, 0.2) is 23.1 Å². The van der Waals surface area contributed by atoms with Crippen LogP contribution in [0.1, 0.15) is 17.3 Å². The van der Waals surface area contributed by atoms with E-state index >= 15 is 0 Å². The van der Waals surface area contributed by atoms with Crippen LogP contribution in [-0.4, -0.2) is 48.4 Å². The van der Waals surface area contributed by atoms with Crippen molar-refractivity contribution in [2.24, 2.45) is 0 Å². The first-order chi connectivity index (χ1) is 8.61. The molecule has 98 valence electrons. The van der Waals surface area contributed by atoms with Gasteiger partial charge in [0.15, 0.2) is 0 Å². The summed E-state index contributed by atoms with van der Waals surface area (Å²) in [5.74, 6) is -0.438. The topological polar surface area (TPSA) is 23.6 Å². The molecule has 0 radical (unpaired) electrons. The Morgan fingerprint density at radius 1 is 1.33 bits per heavy atom. The Morgan fingerprint density at radius 2 is 2.00 bits per heavy atom. The smallest absolute Gasteiger partial charge is 0.253 e. The summed E-state index contributed by atoms with van der Waals surface area (Å²) in [5, 5.41) is 0. The van der Waals surface area contributed by atoms with Gasteiger partial charge in [-0.25, -0.2) is 4.39 Å². The maximum Gasteiger partial charge on any atom is 0.253 e. The molecule has 3 nitrogen and oxygen atoms in total. The molecule has 0 unspecified atom stereocenters. The lowest BCUT2D eigenvalue weighted by Gasteiger charge is -2.34. The van der Waals surface area contributed by atoms with Crippen LogP contribution in [0.4, 0.5) is 4.39 Å². The van der Waals surface area contributed by atoms with E-state index < -0.39 is 5.82 Å². The summed E-state index contributed by atoms with van der Waals surface area (Å²) >= 11 is 4.00. The van der Waals surface area contributed by atoms with Crippen LogP contribution in [0.3, 0.4) is 0 Å². The number of amides is 1. The molecule has 18 heavy (non-hydrogen) atoms. The van der Waals surface area contributed by atoms with Crippen LogP contribution in [0.2, 0.25) is 0 Å². The summed E-state index contributed by atoms with van der Waals surface area (Å²) < 4.78 is 13.1. The second-order valence-electron chi connectivity index (χ2n) is 4.39. The number of piperazine rings is 1. The number of rotatable bonds is 2. The molecule has 0 spiro atoms. The first-order valence-corrected chi connectivity index (χ1v) is 6.56. The monoisotopic (exact) mass is 268 g/mol. The summed E-state index contributed by atoms with van der Waals surface area (Å²) in [6, 6.07) is 4.30. The summed E-state index contributed by atoms with van der Waals surface area (Å²) in [6.45, 7) is 6.39. The first-order valence-electron chi connectivity index (χ1n) is 6.12. The Labute approximate surface area is 112 Å². The van der Waals surface area contributed by atoms with Crippen molar-refractivity contribution in [3.8, 4) is 0 Å². The van der Waals surface area contributed by atoms with Crippen molar-refractivity contribution in [2.45, 2.75) is 11.8 Å². The van der Waals surface area contributed by atoms with Gasteiger partial charge in [-0.3, -0.25) is 4.79 Å². The predicted molar refractivity (Wildman–Crippen MR) is 71.7 cm³/mol. The zero-order chi connectivity index (χ0) is 13.1. The average molecular weight is 268 g/mol. The number of benzene rings is 1. The summed E-state index contributed by atoms with van der Waals surface area (Å²) in [5.41, 5.74) is 0.506. The fourth-order valence-corrected chi connectivity index (χ4v) is 2.31. The molecule has 1 aliphatic heterocycles. The first kappa shape index (κ1) is 13.4. The molecule has 1 heterocycles. The fourth-order valence-electron chi connectivity index (χ4n) is 2.10. The van der Waals surface area contributed by atoms with Gasteiger partial charge in [0.05, 0.1) is 0 Å². The number of likely N-dealkylation sites (N-methyl/N-ethyl adjacent to an activating group) is 1. The Hall–Kier alpha value is -1.07. The van der Waals surface area contributed by atoms with E-state index in [-0.39, 0.29) is 10.8 Å². The zero-order valence-electron chi connectivity index (χ0n) is 10.4. The lowest BCUT2D eigenvalue weighted by atomic mass is 10.1. The Morgan fingerprint density at radius 3 is 2.56 bits per heavy atom. The Kier molecular flexibility index (Phi) is 4.24. The molecule has 0 aromatic heterocycles. The molecule has 2 rings (SSSR count). The average Bonchev–Trinajstić information content (AvgIpc) is 2.41. The van der Waals surface area contributed by atoms with Crippen LogP contribution < -0.4 is 0 Å². The van der Waals surface area contributed by atoms with E-state index in [0.717, 1.165) is 32.7 Å². The van der Waals surface area contributed by atoms with Crippen LogP contribution in [-0.2, 0) is 0 Å². The van der Waals surface area contributed by atoms with E-state index in [0.29, 0.717) is 5.56 Å². The number of hydrogen-bond acceptors (Lipinski definition) is 3. The van der Waals surface area contributed by atoms with Gasteiger partial charge in [0.25, 0.3) is 5.91 Å². The van der Waals surface area contributed by atoms with Gasteiger partial charge in [0.2, 0.25) is 0 Å². The van der Waals surface area contributed by atoms with Crippen molar-refractivity contribution in [1.82, 2.24) is 9.80 Å². The van der Waals surface area contributed by atoms with Gasteiger partial charge in [0, 0.05) is 36.6 Å². The van der Waals surface area contributed by atoms with Crippen molar-refractivity contribution >= 4 is 18.5 Å². The van der Waals surface area contributed by atoms with Gasteiger partial charge >= 0.3 is 0 Å². The molecule has 0 bridgehead atoms. The van der Waals surface area contributed by atoms with E-state index in [2.05, 4.69) is 24.5 Å². The van der Waals surface area contributed by atoms with Gasteiger partial charge in [-0.05, 0) is 24.7 Å². The van der Waals surface area contributed by atoms with Crippen molar-refractivity contribution < 1.29 is 9.18 Å². The number of hydrogen-bond donors (Lipinski definition) is 1. The van der Waals surface area contributed by atoms with Gasteiger partial charge in [0.1, 0.15) is 5.82 Å².